The van der Waals surface area contributed by atoms with Crippen LogP contribution in [0.4, 0.5) is 5.69 Å². The molecule has 148 valence electrons. The van der Waals surface area contributed by atoms with Crippen molar-refractivity contribution in [2.45, 2.75) is 40.0 Å². The summed E-state index contributed by atoms with van der Waals surface area (Å²) in [7, 11) is 0. The van der Waals surface area contributed by atoms with E-state index in [1.807, 2.05) is 37.3 Å². The molecule has 0 spiro atoms. The lowest BCUT2D eigenvalue weighted by atomic mass is 10.0. The second kappa shape index (κ2) is 10.3. The summed E-state index contributed by atoms with van der Waals surface area (Å²) in [5, 5.41) is 6.73. The van der Waals surface area contributed by atoms with Crippen LogP contribution in [0.15, 0.2) is 53.6 Å². The predicted molar refractivity (Wildman–Crippen MR) is 112 cm³/mol. The quantitative estimate of drug-likeness (QED) is 0.535. The molecule has 0 saturated heterocycles. The maximum Gasteiger partial charge on any atom is 0.277 e. The number of carbonyl (C=O) groups excluding carboxylic acids is 2. The monoisotopic (exact) mass is 381 g/mol. The van der Waals surface area contributed by atoms with Crippen LogP contribution in [0, 0.1) is 6.92 Å². The van der Waals surface area contributed by atoms with E-state index >= 15 is 0 Å². The Morgan fingerprint density at radius 3 is 2.46 bits per heavy atom. The predicted octanol–water partition coefficient (Wildman–Crippen LogP) is 4.02. The Morgan fingerprint density at radius 2 is 1.79 bits per heavy atom. The standard InChI is InChI=1S/C22H27N3O3/c1-15(2)18-11-10-16(3)20(13-18)28-14-22(27)25-24-17(4)12-21(26)23-19-8-6-5-7-9-19/h5-11,13,15H,12,14H2,1-4H3,(H,23,26)(H,25,27)/b24-17+. The van der Waals surface area contributed by atoms with Crippen LogP contribution in [-0.2, 0) is 9.59 Å². The van der Waals surface area contributed by atoms with Crippen LogP contribution in [0.3, 0.4) is 0 Å². The number of para-hydroxylation sites is 1. The van der Waals surface area contributed by atoms with Crippen molar-refractivity contribution in [2.75, 3.05) is 11.9 Å². The molecule has 0 heterocycles. The molecule has 2 N–H and O–H groups in total. The fraction of sp³-hybridized carbons (Fsp3) is 0.318. The lowest BCUT2D eigenvalue weighted by molar-refractivity contribution is -0.123. The van der Waals surface area contributed by atoms with Crippen molar-refractivity contribution in [1.82, 2.24) is 5.43 Å². The zero-order valence-electron chi connectivity index (χ0n) is 16.8. The lowest BCUT2D eigenvalue weighted by Crippen LogP contribution is -2.26. The number of benzene rings is 2. The smallest absolute Gasteiger partial charge is 0.277 e. The fourth-order valence-electron chi connectivity index (χ4n) is 2.46. The molecule has 2 rings (SSSR count). The van der Waals surface area contributed by atoms with Crippen molar-refractivity contribution in [3.8, 4) is 5.75 Å². The highest BCUT2D eigenvalue weighted by Gasteiger charge is 2.08. The van der Waals surface area contributed by atoms with Gasteiger partial charge in [0.2, 0.25) is 5.91 Å². The van der Waals surface area contributed by atoms with E-state index in [2.05, 4.69) is 35.8 Å². The molecule has 0 atom stereocenters. The van der Waals surface area contributed by atoms with Crippen LogP contribution in [-0.4, -0.2) is 24.1 Å². The number of hydrazone groups is 1. The van der Waals surface area contributed by atoms with E-state index in [4.69, 9.17) is 4.74 Å². The molecule has 2 aromatic carbocycles. The van der Waals surface area contributed by atoms with Crippen LogP contribution < -0.4 is 15.5 Å². The minimum absolute atomic E-state index is 0.0889. The average Bonchev–Trinajstić information content (AvgIpc) is 2.66. The van der Waals surface area contributed by atoms with Crippen LogP contribution >= 0.6 is 0 Å². The molecule has 0 fully saturated rings. The van der Waals surface area contributed by atoms with Crippen LogP contribution in [0.25, 0.3) is 0 Å². The molecule has 28 heavy (non-hydrogen) atoms. The number of anilines is 1. The van der Waals surface area contributed by atoms with Gasteiger partial charge >= 0.3 is 0 Å². The maximum atomic E-state index is 12.0. The lowest BCUT2D eigenvalue weighted by Gasteiger charge is -2.12. The first kappa shape index (κ1) is 21.2. The van der Waals surface area contributed by atoms with Crippen molar-refractivity contribution in [3.63, 3.8) is 0 Å². The number of ether oxygens (including phenoxy) is 1. The summed E-state index contributed by atoms with van der Waals surface area (Å²) in [5.41, 5.74) is 5.76. The molecule has 0 radical (unpaired) electrons. The van der Waals surface area contributed by atoms with Gasteiger partial charge in [0.1, 0.15) is 5.75 Å². The summed E-state index contributed by atoms with van der Waals surface area (Å²) in [5.74, 6) is 0.492. The number of amides is 2. The van der Waals surface area contributed by atoms with Crippen LogP contribution in [0.1, 0.15) is 44.2 Å². The minimum Gasteiger partial charge on any atom is -0.483 e. The normalized spacial score (nSPS) is 11.2. The molecule has 0 unspecified atom stereocenters. The Bertz CT molecular complexity index is 845. The van der Waals surface area contributed by atoms with Gasteiger partial charge in [-0.25, -0.2) is 5.43 Å². The highest BCUT2D eigenvalue weighted by Crippen LogP contribution is 2.24. The summed E-state index contributed by atoms with van der Waals surface area (Å²) in [6, 6.07) is 15.2. The first-order chi connectivity index (χ1) is 13.3. The molecular formula is C22H27N3O3. The molecule has 0 aliphatic heterocycles. The van der Waals surface area contributed by atoms with Crippen LogP contribution in [0.5, 0.6) is 5.75 Å². The third-order valence-corrected chi connectivity index (χ3v) is 4.08. The molecule has 0 saturated carbocycles. The van der Waals surface area contributed by atoms with Gasteiger partial charge in [-0.1, -0.05) is 44.2 Å². The molecule has 0 bridgehead atoms. The third kappa shape index (κ3) is 6.87. The highest BCUT2D eigenvalue weighted by atomic mass is 16.5. The number of nitrogens with zero attached hydrogens (tertiary/aromatic N) is 1. The van der Waals surface area contributed by atoms with Gasteiger partial charge in [0.25, 0.3) is 5.91 Å². The summed E-state index contributed by atoms with van der Waals surface area (Å²) in [6.45, 7) is 7.68. The van der Waals surface area contributed by atoms with E-state index < -0.39 is 0 Å². The summed E-state index contributed by atoms with van der Waals surface area (Å²) >= 11 is 0. The topological polar surface area (TPSA) is 79.8 Å². The number of carbonyl (C=O) groups is 2. The molecular weight excluding hydrogens is 354 g/mol. The zero-order valence-corrected chi connectivity index (χ0v) is 16.8. The Labute approximate surface area is 166 Å². The average molecular weight is 381 g/mol. The largest absolute Gasteiger partial charge is 0.483 e. The van der Waals surface area contributed by atoms with Gasteiger partial charge < -0.3 is 10.1 Å². The fourth-order valence-corrected chi connectivity index (χ4v) is 2.46. The van der Waals surface area contributed by atoms with E-state index in [-0.39, 0.29) is 24.8 Å². The Hall–Kier alpha value is -3.15. The summed E-state index contributed by atoms with van der Waals surface area (Å²) in [6.07, 6.45) is 0.0889. The zero-order chi connectivity index (χ0) is 20.5. The Morgan fingerprint density at radius 1 is 1.07 bits per heavy atom. The van der Waals surface area contributed by atoms with E-state index in [0.717, 1.165) is 16.8 Å². The van der Waals surface area contributed by atoms with Crippen LogP contribution in [0.2, 0.25) is 0 Å². The molecule has 0 aliphatic rings. The van der Waals surface area contributed by atoms with E-state index in [9.17, 15) is 9.59 Å². The number of hydrogen-bond donors (Lipinski definition) is 2. The van der Waals surface area contributed by atoms with Gasteiger partial charge in [0, 0.05) is 11.4 Å². The number of hydrogen-bond acceptors (Lipinski definition) is 4. The Balaban J connectivity index is 1.81. The second-order valence-corrected chi connectivity index (χ2v) is 6.94. The van der Waals surface area contributed by atoms with Crippen molar-refractivity contribution in [1.29, 1.82) is 0 Å². The third-order valence-electron chi connectivity index (χ3n) is 4.08. The second-order valence-electron chi connectivity index (χ2n) is 6.94. The molecule has 0 aliphatic carbocycles. The van der Waals surface area contributed by atoms with Gasteiger partial charge in [0.15, 0.2) is 6.61 Å². The van der Waals surface area contributed by atoms with Gasteiger partial charge in [-0.3, -0.25) is 9.59 Å². The summed E-state index contributed by atoms with van der Waals surface area (Å²) < 4.78 is 5.62. The van der Waals surface area contributed by atoms with Gasteiger partial charge in [-0.05, 0) is 49.1 Å². The molecule has 6 heteroatoms. The summed E-state index contributed by atoms with van der Waals surface area (Å²) in [4.78, 5) is 24.0. The number of rotatable bonds is 8. The van der Waals surface area contributed by atoms with Gasteiger partial charge in [0.05, 0.1) is 6.42 Å². The van der Waals surface area contributed by atoms with E-state index in [0.29, 0.717) is 17.4 Å². The number of aryl methyl sites for hydroxylation is 1. The van der Waals surface area contributed by atoms with Gasteiger partial charge in [-0.2, -0.15) is 5.10 Å². The maximum absolute atomic E-state index is 12.0. The number of nitrogens with one attached hydrogen (secondary N) is 2. The molecule has 2 aromatic rings. The first-order valence-electron chi connectivity index (χ1n) is 9.25. The first-order valence-corrected chi connectivity index (χ1v) is 9.25. The van der Waals surface area contributed by atoms with E-state index in [1.165, 1.54) is 0 Å². The van der Waals surface area contributed by atoms with Crippen molar-refractivity contribution < 1.29 is 14.3 Å². The van der Waals surface area contributed by atoms with Gasteiger partial charge in [-0.15, -0.1) is 0 Å². The van der Waals surface area contributed by atoms with Crippen molar-refractivity contribution in [2.24, 2.45) is 5.10 Å². The van der Waals surface area contributed by atoms with E-state index in [1.54, 1.807) is 19.1 Å². The molecule has 0 aromatic heterocycles. The molecule has 2 amide bonds. The minimum atomic E-state index is -0.378. The highest BCUT2D eigenvalue weighted by molar-refractivity contribution is 6.05. The van der Waals surface area contributed by atoms with Crippen molar-refractivity contribution in [3.05, 3.63) is 59.7 Å². The Kier molecular flexibility index (Phi) is 7.75. The SMILES string of the molecule is C/C(CC(=O)Nc1ccccc1)=N\NC(=O)COc1cc(C(C)C)ccc1C. The molecule has 6 nitrogen and oxygen atoms in total. The van der Waals surface area contributed by atoms with Crippen molar-refractivity contribution >= 4 is 23.2 Å².